The number of amides is 1. The molecule has 0 fully saturated rings. The zero-order valence-electron chi connectivity index (χ0n) is 16.8. The number of hydrogen-bond acceptors (Lipinski definition) is 7. The third kappa shape index (κ3) is 6.60. The van der Waals surface area contributed by atoms with Crippen LogP contribution in [-0.2, 0) is 15.2 Å². The number of rotatable bonds is 7. The minimum atomic E-state index is -4.83. The summed E-state index contributed by atoms with van der Waals surface area (Å²) in [7, 11) is -3.68. The standard InChI is InChI=1S/C20H18F3N3O5S/c1-19(31-32(2,28)29,12-30-16-7-3-13(10-24)4-8-16)18(27)26-15-6-5-14(11-25)17(9-15)20(21,22)23/h3-9,28-29H,12H2,1-2H3,(H,26,27)/t19-/m0/s1. The second-order valence-electron chi connectivity index (χ2n) is 6.83. The molecule has 1 amide bonds. The van der Waals surface area contributed by atoms with E-state index in [0.29, 0.717) is 11.6 Å². The van der Waals surface area contributed by atoms with Crippen LogP contribution in [0.2, 0.25) is 0 Å². The summed E-state index contributed by atoms with van der Waals surface area (Å²) in [5, 5.41) is 19.9. The van der Waals surface area contributed by atoms with Crippen molar-refractivity contribution in [3.8, 4) is 17.9 Å². The number of alkyl halides is 3. The Bertz CT molecular complexity index is 1070. The highest BCUT2D eigenvalue weighted by Crippen LogP contribution is 2.41. The van der Waals surface area contributed by atoms with Crippen LogP contribution in [0.3, 0.4) is 0 Å². The predicted octanol–water partition coefficient (Wildman–Crippen LogP) is 4.54. The van der Waals surface area contributed by atoms with E-state index in [1.165, 1.54) is 30.3 Å². The molecule has 0 radical (unpaired) electrons. The molecular formula is C20H18F3N3O5S. The van der Waals surface area contributed by atoms with Crippen molar-refractivity contribution in [2.75, 3.05) is 18.2 Å². The summed E-state index contributed by atoms with van der Waals surface area (Å²) < 4.78 is 69.5. The molecule has 3 N–H and O–H groups in total. The fourth-order valence-electron chi connectivity index (χ4n) is 2.54. The van der Waals surface area contributed by atoms with Gasteiger partial charge < -0.3 is 19.2 Å². The van der Waals surface area contributed by atoms with E-state index in [2.05, 4.69) is 5.32 Å². The van der Waals surface area contributed by atoms with Crippen LogP contribution >= 0.6 is 10.9 Å². The molecule has 0 aliphatic heterocycles. The second kappa shape index (κ2) is 9.46. The summed E-state index contributed by atoms with van der Waals surface area (Å²) >= 11 is 0. The molecule has 0 bridgehead atoms. The molecule has 0 aliphatic rings. The van der Waals surface area contributed by atoms with Gasteiger partial charge >= 0.3 is 6.18 Å². The molecule has 0 unspecified atom stereocenters. The van der Waals surface area contributed by atoms with Crippen molar-refractivity contribution in [3.05, 3.63) is 59.2 Å². The smallest absolute Gasteiger partial charge is 0.417 e. The van der Waals surface area contributed by atoms with Crippen LogP contribution in [0.4, 0.5) is 18.9 Å². The van der Waals surface area contributed by atoms with Crippen LogP contribution in [0.1, 0.15) is 23.6 Å². The second-order valence-corrected chi connectivity index (χ2v) is 8.52. The highest BCUT2D eigenvalue weighted by atomic mass is 32.3. The number of halogens is 3. The lowest BCUT2D eigenvalue weighted by Crippen LogP contribution is -2.48. The SMILES string of the molecule is C[C@@](COc1ccc(C#N)cc1)(OS(C)(O)O)C(=O)Nc1ccc(C#N)c(C(F)(F)F)c1. The average Bonchev–Trinajstić information content (AvgIpc) is 2.70. The van der Waals surface area contributed by atoms with E-state index in [-0.39, 0.29) is 11.4 Å². The number of benzene rings is 2. The van der Waals surface area contributed by atoms with Gasteiger partial charge in [0.2, 0.25) is 0 Å². The Balaban J connectivity index is 2.29. The topological polar surface area (TPSA) is 136 Å². The Morgan fingerprint density at radius 3 is 2.25 bits per heavy atom. The minimum Gasteiger partial charge on any atom is -0.490 e. The summed E-state index contributed by atoms with van der Waals surface area (Å²) in [6.07, 6.45) is -3.91. The zero-order valence-corrected chi connectivity index (χ0v) is 17.6. The molecule has 0 saturated carbocycles. The Kier molecular flexibility index (Phi) is 7.38. The molecule has 0 aliphatic carbocycles. The monoisotopic (exact) mass is 469 g/mol. The van der Waals surface area contributed by atoms with Gasteiger partial charge in [0.1, 0.15) is 12.4 Å². The normalized spacial score (nSPS) is 13.9. The van der Waals surface area contributed by atoms with E-state index >= 15 is 0 Å². The van der Waals surface area contributed by atoms with Crippen LogP contribution in [0.5, 0.6) is 5.75 Å². The van der Waals surface area contributed by atoms with Crippen molar-refractivity contribution < 1.29 is 36.0 Å². The third-order valence-corrected chi connectivity index (χ3v) is 4.71. The Morgan fingerprint density at radius 2 is 1.75 bits per heavy atom. The number of carbonyl (C=O) groups excluding carboxylic acids is 1. The fraction of sp³-hybridized carbons (Fsp3) is 0.250. The maximum atomic E-state index is 13.2. The van der Waals surface area contributed by atoms with Gasteiger partial charge in [-0.3, -0.25) is 8.98 Å². The van der Waals surface area contributed by atoms with Gasteiger partial charge in [-0.1, -0.05) is 0 Å². The van der Waals surface area contributed by atoms with Gasteiger partial charge in [0.15, 0.2) is 5.60 Å². The summed E-state index contributed by atoms with van der Waals surface area (Å²) in [5.74, 6) is -0.789. The first kappa shape index (κ1) is 25.0. The van der Waals surface area contributed by atoms with Crippen LogP contribution in [-0.4, -0.2) is 33.5 Å². The minimum absolute atomic E-state index is 0.233. The van der Waals surface area contributed by atoms with E-state index in [4.69, 9.17) is 19.4 Å². The summed E-state index contributed by atoms with van der Waals surface area (Å²) in [6, 6.07) is 11.7. The van der Waals surface area contributed by atoms with E-state index in [1.54, 1.807) is 0 Å². The van der Waals surface area contributed by atoms with Crippen LogP contribution in [0, 0.1) is 22.7 Å². The highest BCUT2D eigenvalue weighted by Gasteiger charge is 2.41. The van der Waals surface area contributed by atoms with Crippen molar-refractivity contribution in [2.24, 2.45) is 0 Å². The predicted molar refractivity (Wildman–Crippen MR) is 110 cm³/mol. The van der Waals surface area contributed by atoms with Crippen molar-refractivity contribution in [1.82, 2.24) is 0 Å². The molecule has 0 heterocycles. The average molecular weight is 469 g/mol. The molecule has 2 aromatic rings. The van der Waals surface area contributed by atoms with Gasteiger partial charge in [-0.15, -0.1) is 0 Å². The molecule has 0 saturated heterocycles. The van der Waals surface area contributed by atoms with Crippen LogP contribution in [0.15, 0.2) is 42.5 Å². The third-order valence-electron chi connectivity index (χ3n) is 4.02. The Hall–Kier alpha value is -3.29. The molecule has 32 heavy (non-hydrogen) atoms. The van der Waals surface area contributed by atoms with Crippen LogP contribution in [0.25, 0.3) is 0 Å². The quantitative estimate of drug-likeness (QED) is 0.542. The summed E-state index contributed by atoms with van der Waals surface area (Å²) in [6.45, 7) is 0.620. The van der Waals surface area contributed by atoms with Crippen LogP contribution < -0.4 is 10.1 Å². The lowest BCUT2D eigenvalue weighted by Gasteiger charge is -2.34. The summed E-state index contributed by atoms with van der Waals surface area (Å²) in [4.78, 5) is 12.8. The lowest BCUT2D eigenvalue weighted by molar-refractivity contribution is -0.138. The molecule has 1 atom stereocenters. The molecule has 170 valence electrons. The van der Waals surface area contributed by atoms with Gasteiger partial charge in [0.05, 0.1) is 39.7 Å². The zero-order chi connectivity index (χ0) is 24.2. The molecule has 8 nitrogen and oxygen atoms in total. The van der Waals surface area contributed by atoms with E-state index in [0.717, 1.165) is 25.3 Å². The summed E-state index contributed by atoms with van der Waals surface area (Å²) in [5.41, 5.74) is -3.83. The van der Waals surface area contributed by atoms with Crippen molar-refractivity contribution in [3.63, 3.8) is 0 Å². The number of hydrogen-bond donors (Lipinski definition) is 3. The number of nitrogens with zero attached hydrogens (tertiary/aromatic N) is 2. The van der Waals surface area contributed by atoms with Gasteiger partial charge in [-0.25, -0.2) is 0 Å². The number of anilines is 1. The van der Waals surface area contributed by atoms with Crippen molar-refractivity contribution in [1.29, 1.82) is 10.5 Å². The van der Waals surface area contributed by atoms with Gasteiger partial charge in [-0.05, 0) is 49.4 Å². The number of nitriles is 2. The number of carbonyl (C=O) groups is 1. The lowest BCUT2D eigenvalue weighted by atomic mass is 10.1. The van der Waals surface area contributed by atoms with E-state index < -0.39 is 46.3 Å². The van der Waals surface area contributed by atoms with E-state index in [9.17, 15) is 27.1 Å². The molecule has 0 spiro atoms. The first-order valence-corrected chi connectivity index (χ1v) is 10.6. The number of nitrogens with one attached hydrogen (secondary N) is 1. The molecule has 2 rings (SSSR count). The Morgan fingerprint density at radius 1 is 1.12 bits per heavy atom. The van der Waals surface area contributed by atoms with E-state index in [1.807, 2.05) is 6.07 Å². The number of ether oxygens (including phenoxy) is 1. The van der Waals surface area contributed by atoms with Crippen molar-refractivity contribution >= 4 is 22.5 Å². The first-order valence-electron chi connectivity index (χ1n) is 8.77. The molecule has 12 heteroatoms. The van der Waals surface area contributed by atoms with Gasteiger partial charge in [0.25, 0.3) is 5.91 Å². The maximum Gasteiger partial charge on any atom is 0.417 e. The Labute approximate surface area is 183 Å². The van der Waals surface area contributed by atoms with Gasteiger partial charge in [-0.2, -0.15) is 23.7 Å². The fourth-order valence-corrected chi connectivity index (χ4v) is 3.36. The molecule has 2 aromatic carbocycles. The molecular weight excluding hydrogens is 451 g/mol. The largest absolute Gasteiger partial charge is 0.490 e. The van der Waals surface area contributed by atoms with Gasteiger partial charge in [0, 0.05) is 11.9 Å². The first-order chi connectivity index (χ1) is 14.8. The molecule has 0 aromatic heterocycles. The van der Waals surface area contributed by atoms with Crippen molar-refractivity contribution in [2.45, 2.75) is 18.7 Å². The maximum absolute atomic E-state index is 13.2. The highest BCUT2D eigenvalue weighted by molar-refractivity contribution is 8.19.